The van der Waals surface area contributed by atoms with Gasteiger partial charge in [0.05, 0.1) is 12.6 Å². The summed E-state index contributed by atoms with van der Waals surface area (Å²) in [4.78, 5) is 14.6. The quantitative estimate of drug-likeness (QED) is 0.875. The standard InChI is InChI=1S/C19H29N3O.ClH/c1-14-12-20-9-10-22(14)13-19(23)21-15(2)17-8-7-16-5-3-4-6-18(16)11-17;/h7-8,11,14-15,20H,3-6,9-10,12-13H2,1-2H3,(H,21,23);1H/t14-,15?;/m0./s1. The first-order valence-corrected chi connectivity index (χ1v) is 8.99. The number of amides is 1. The maximum absolute atomic E-state index is 12.4. The van der Waals surface area contributed by atoms with Crippen LogP contribution in [0.15, 0.2) is 18.2 Å². The van der Waals surface area contributed by atoms with E-state index in [4.69, 9.17) is 0 Å². The predicted molar refractivity (Wildman–Crippen MR) is 101 cm³/mol. The van der Waals surface area contributed by atoms with Crippen molar-refractivity contribution in [2.75, 3.05) is 26.2 Å². The molecule has 1 amide bonds. The van der Waals surface area contributed by atoms with E-state index >= 15 is 0 Å². The molecular formula is C19H30ClN3O. The monoisotopic (exact) mass is 351 g/mol. The van der Waals surface area contributed by atoms with Crippen LogP contribution in [0.2, 0.25) is 0 Å². The van der Waals surface area contributed by atoms with E-state index in [2.05, 4.69) is 47.6 Å². The Bertz CT molecular complexity index is 564. The van der Waals surface area contributed by atoms with E-state index in [1.807, 2.05) is 0 Å². The highest BCUT2D eigenvalue weighted by molar-refractivity contribution is 5.85. The van der Waals surface area contributed by atoms with Crippen molar-refractivity contribution in [3.63, 3.8) is 0 Å². The zero-order chi connectivity index (χ0) is 16.2. The van der Waals surface area contributed by atoms with E-state index in [9.17, 15) is 4.79 Å². The van der Waals surface area contributed by atoms with Gasteiger partial charge in [0.1, 0.15) is 0 Å². The van der Waals surface area contributed by atoms with E-state index in [0.29, 0.717) is 12.6 Å². The van der Waals surface area contributed by atoms with Gasteiger partial charge >= 0.3 is 0 Å². The maximum Gasteiger partial charge on any atom is 0.234 e. The predicted octanol–water partition coefficient (Wildman–Crippen LogP) is 2.46. The summed E-state index contributed by atoms with van der Waals surface area (Å²) < 4.78 is 0. The van der Waals surface area contributed by atoms with Crippen molar-refractivity contribution in [3.8, 4) is 0 Å². The third-order valence-corrected chi connectivity index (χ3v) is 5.24. The molecule has 3 rings (SSSR count). The van der Waals surface area contributed by atoms with Crippen LogP contribution < -0.4 is 10.6 Å². The zero-order valence-electron chi connectivity index (χ0n) is 14.8. The van der Waals surface area contributed by atoms with Gasteiger partial charge in [0.2, 0.25) is 5.91 Å². The fraction of sp³-hybridized carbons (Fsp3) is 0.632. The van der Waals surface area contributed by atoms with E-state index < -0.39 is 0 Å². The molecule has 0 bridgehead atoms. The number of nitrogens with zero attached hydrogens (tertiary/aromatic N) is 1. The van der Waals surface area contributed by atoms with E-state index in [0.717, 1.165) is 19.6 Å². The number of piperazine rings is 1. The van der Waals surface area contributed by atoms with Crippen LogP contribution in [0.25, 0.3) is 0 Å². The molecule has 1 saturated heterocycles. The summed E-state index contributed by atoms with van der Waals surface area (Å²) in [6.07, 6.45) is 4.99. The third kappa shape index (κ3) is 4.71. The molecular weight excluding hydrogens is 322 g/mol. The highest BCUT2D eigenvalue weighted by Crippen LogP contribution is 2.24. The molecule has 1 aliphatic carbocycles. The molecule has 2 atom stereocenters. The van der Waals surface area contributed by atoms with Crippen LogP contribution in [0, 0.1) is 0 Å². The number of carbonyl (C=O) groups is 1. The number of fused-ring (bicyclic) bond motifs is 1. The van der Waals surface area contributed by atoms with Crippen LogP contribution in [-0.2, 0) is 17.6 Å². The Morgan fingerprint density at radius 1 is 1.33 bits per heavy atom. The first-order valence-electron chi connectivity index (χ1n) is 8.99. The van der Waals surface area contributed by atoms with Crippen molar-refractivity contribution in [2.45, 2.75) is 51.6 Å². The summed E-state index contributed by atoms with van der Waals surface area (Å²) in [5.74, 6) is 0.129. The molecule has 0 saturated carbocycles. The van der Waals surface area contributed by atoms with E-state index in [1.165, 1.54) is 42.4 Å². The molecule has 0 spiro atoms. The van der Waals surface area contributed by atoms with Gasteiger partial charge in [-0.15, -0.1) is 12.4 Å². The van der Waals surface area contributed by atoms with Gasteiger partial charge in [-0.25, -0.2) is 0 Å². The molecule has 5 heteroatoms. The average molecular weight is 352 g/mol. The zero-order valence-corrected chi connectivity index (χ0v) is 15.6. The Balaban J connectivity index is 0.00000208. The van der Waals surface area contributed by atoms with Gasteiger partial charge in [0.25, 0.3) is 0 Å². The lowest BCUT2D eigenvalue weighted by molar-refractivity contribution is -0.123. The van der Waals surface area contributed by atoms with Crippen molar-refractivity contribution in [1.29, 1.82) is 0 Å². The van der Waals surface area contributed by atoms with E-state index in [-0.39, 0.29) is 24.4 Å². The Hall–Kier alpha value is -1.10. The molecule has 1 aromatic carbocycles. The number of benzene rings is 1. The van der Waals surface area contributed by atoms with Crippen LogP contribution in [0.4, 0.5) is 0 Å². The molecule has 1 fully saturated rings. The summed E-state index contributed by atoms with van der Waals surface area (Å²) in [5, 5.41) is 6.53. The van der Waals surface area contributed by atoms with Crippen molar-refractivity contribution in [2.24, 2.45) is 0 Å². The highest BCUT2D eigenvalue weighted by Gasteiger charge is 2.21. The molecule has 24 heavy (non-hydrogen) atoms. The van der Waals surface area contributed by atoms with Gasteiger partial charge in [0.15, 0.2) is 0 Å². The molecule has 1 aliphatic heterocycles. The van der Waals surface area contributed by atoms with Gasteiger partial charge in [-0.2, -0.15) is 0 Å². The summed E-state index contributed by atoms with van der Waals surface area (Å²) in [6.45, 7) is 7.64. The fourth-order valence-electron chi connectivity index (χ4n) is 3.70. The van der Waals surface area contributed by atoms with Gasteiger partial charge in [0, 0.05) is 25.7 Å². The molecule has 2 N–H and O–H groups in total. The Labute approximate surface area is 151 Å². The number of aryl methyl sites for hydroxylation is 2. The van der Waals surface area contributed by atoms with Gasteiger partial charge in [-0.3, -0.25) is 9.69 Å². The minimum Gasteiger partial charge on any atom is -0.348 e. The largest absolute Gasteiger partial charge is 0.348 e. The van der Waals surface area contributed by atoms with E-state index in [1.54, 1.807) is 0 Å². The molecule has 0 radical (unpaired) electrons. The number of nitrogens with one attached hydrogen (secondary N) is 2. The normalized spacial score (nSPS) is 22.2. The number of hydrogen-bond donors (Lipinski definition) is 2. The van der Waals surface area contributed by atoms with Gasteiger partial charge in [-0.05, 0) is 56.2 Å². The molecule has 4 nitrogen and oxygen atoms in total. The highest BCUT2D eigenvalue weighted by atomic mass is 35.5. The number of rotatable bonds is 4. The van der Waals surface area contributed by atoms with Crippen LogP contribution in [0.1, 0.15) is 49.4 Å². The number of carbonyl (C=O) groups excluding carboxylic acids is 1. The maximum atomic E-state index is 12.4. The first kappa shape index (κ1) is 19.2. The Kier molecular flexibility index (Phi) is 7.08. The lowest BCUT2D eigenvalue weighted by Crippen LogP contribution is -2.52. The van der Waals surface area contributed by atoms with Crippen LogP contribution in [0.5, 0.6) is 0 Å². The summed E-state index contributed by atoms with van der Waals surface area (Å²) >= 11 is 0. The summed E-state index contributed by atoms with van der Waals surface area (Å²) in [6, 6.07) is 7.24. The minimum absolute atomic E-state index is 0. The van der Waals surface area contributed by atoms with Crippen LogP contribution in [0.3, 0.4) is 0 Å². The fourth-order valence-corrected chi connectivity index (χ4v) is 3.70. The second kappa shape index (κ2) is 8.84. The van der Waals surface area contributed by atoms with Crippen LogP contribution in [-0.4, -0.2) is 43.0 Å². The average Bonchev–Trinajstić information content (AvgIpc) is 2.56. The van der Waals surface area contributed by atoms with Gasteiger partial charge in [-0.1, -0.05) is 18.2 Å². The molecule has 0 aromatic heterocycles. The number of halogens is 1. The SMILES string of the molecule is CC(NC(=O)CN1CCNC[C@@H]1C)c1ccc2c(c1)CCCC2.Cl. The summed E-state index contributed by atoms with van der Waals surface area (Å²) in [5.41, 5.74) is 4.20. The van der Waals surface area contributed by atoms with Crippen molar-refractivity contribution >= 4 is 18.3 Å². The molecule has 134 valence electrons. The molecule has 1 heterocycles. The van der Waals surface area contributed by atoms with Crippen molar-refractivity contribution in [1.82, 2.24) is 15.5 Å². The summed E-state index contributed by atoms with van der Waals surface area (Å²) in [7, 11) is 0. The molecule has 1 aromatic rings. The number of hydrogen-bond acceptors (Lipinski definition) is 3. The van der Waals surface area contributed by atoms with Crippen molar-refractivity contribution in [3.05, 3.63) is 34.9 Å². The third-order valence-electron chi connectivity index (χ3n) is 5.24. The van der Waals surface area contributed by atoms with Crippen molar-refractivity contribution < 1.29 is 4.79 Å². The van der Waals surface area contributed by atoms with Crippen LogP contribution >= 0.6 is 12.4 Å². The lowest BCUT2D eigenvalue weighted by atomic mass is 9.89. The topological polar surface area (TPSA) is 44.4 Å². The molecule has 2 aliphatic rings. The Morgan fingerprint density at radius 3 is 2.83 bits per heavy atom. The van der Waals surface area contributed by atoms with Gasteiger partial charge < -0.3 is 10.6 Å². The minimum atomic E-state index is 0. The second-order valence-electron chi connectivity index (χ2n) is 7.05. The molecule has 1 unspecified atom stereocenters. The lowest BCUT2D eigenvalue weighted by Gasteiger charge is -2.33. The smallest absolute Gasteiger partial charge is 0.234 e. The Morgan fingerprint density at radius 2 is 2.08 bits per heavy atom. The second-order valence-corrected chi connectivity index (χ2v) is 7.05. The first-order chi connectivity index (χ1) is 11.1.